The van der Waals surface area contributed by atoms with E-state index in [4.69, 9.17) is 0 Å². The lowest BCUT2D eigenvalue weighted by Crippen LogP contribution is -2.33. The number of nitrogens with zero attached hydrogens (tertiary/aromatic N) is 4. The van der Waals surface area contributed by atoms with E-state index < -0.39 is 0 Å². The highest BCUT2D eigenvalue weighted by molar-refractivity contribution is 7.11. The number of likely N-dealkylation sites (N-methyl/N-ethyl adjacent to an activating group) is 1. The van der Waals surface area contributed by atoms with Gasteiger partial charge in [-0.15, -0.1) is 11.3 Å². The van der Waals surface area contributed by atoms with Crippen molar-refractivity contribution in [3.05, 3.63) is 39.4 Å². The van der Waals surface area contributed by atoms with E-state index in [0.29, 0.717) is 18.2 Å². The van der Waals surface area contributed by atoms with Crippen LogP contribution in [-0.4, -0.2) is 39.4 Å². The number of aryl methyl sites for hydroxylation is 3. The van der Waals surface area contributed by atoms with Crippen LogP contribution >= 0.6 is 11.3 Å². The third kappa shape index (κ3) is 3.02. The molecule has 1 aliphatic carbocycles. The lowest BCUT2D eigenvalue weighted by molar-refractivity contribution is 0.0776. The van der Waals surface area contributed by atoms with Gasteiger partial charge in [0.25, 0.3) is 5.91 Å². The number of fused-ring (bicyclic) bond motifs is 1. The van der Waals surface area contributed by atoms with Gasteiger partial charge in [-0.3, -0.25) is 9.78 Å². The van der Waals surface area contributed by atoms with Crippen molar-refractivity contribution < 1.29 is 4.79 Å². The number of hydrogen-bond acceptors (Lipinski definition) is 5. The molecule has 0 saturated carbocycles. The molecule has 2 heterocycles. The summed E-state index contributed by atoms with van der Waals surface area (Å²) >= 11 is 1.79. The third-order valence-electron chi connectivity index (χ3n) is 4.02. The minimum absolute atomic E-state index is 0.0772. The number of rotatable bonds is 3. The average Bonchev–Trinajstić information content (AvgIpc) is 2.88. The highest BCUT2D eigenvalue weighted by atomic mass is 32.1. The third-order valence-corrected chi connectivity index (χ3v) is 5.06. The van der Waals surface area contributed by atoms with E-state index in [1.165, 1.54) is 17.0 Å². The summed E-state index contributed by atoms with van der Waals surface area (Å²) in [5.41, 5.74) is 2.41. The van der Waals surface area contributed by atoms with Crippen LogP contribution in [0.1, 0.15) is 50.5 Å². The Bertz CT molecular complexity index is 680. The summed E-state index contributed by atoms with van der Waals surface area (Å²) in [7, 11) is 1.83. The minimum atomic E-state index is -0.0772. The molecule has 0 N–H and O–H groups in total. The van der Waals surface area contributed by atoms with Crippen molar-refractivity contribution in [3.63, 3.8) is 0 Å². The second-order valence-corrected chi connectivity index (χ2v) is 7.15. The second kappa shape index (κ2) is 6.12. The molecule has 5 nitrogen and oxygen atoms in total. The van der Waals surface area contributed by atoms with Crippen LogP contribution in [0.5, 0.6) is 0 Å². The largest absolute Gasteiger partial charge is 0.340 e. The van der Waals surface area contributed by atoms with Crippen LogP contribution in [0.4, 0.5) is 0 Å². The van der Waals surface area contributed by atoms with Crippen molar-refractivity contribution in [2.45, 2.75) is 39.0 Å². The molecular formula is C16H20N4OS. The highest BCUT2D eigenvalue weighted by Gasteiger charge is 2.27. The molecule has 0 saturated heterocycles. The van der Waals surface area contributed by atoms with E-state index in [1.54, 1.807) is 28.6 Å². The molecule has 0 aromatic carbocycles. The smallest absolute Gasteiger partial charge is 0.273 e. The van der Waals surface area contributed by atoms with Gasteiger partial charge < -0.3 is 4.90 Å². The maximum atomic E-state index is 12.5. The molecule has 22 heavy (non-hydrogen) atoms. The zero-order valence-electron chi connectivity index (χ0n) is 13.2. The molecule has 1 aliphatic rings. The predicted molar refractivity (Wildman–Crippen MR) is 86.3 cm³/mol. The zero-order chi connectivity index (χ0) is 15.7. The van der Waals surface area contributed by atoms with E-state index in [0.717, 1.165) is 23.5 Å². The predicted octanol–water partition coefficient (Wildman–Crippen LogP) is 2.74. The van der Waals surface area contributed by atoms with Crippen LogP contribution in [0.2, 0.25) is 0 Å². The molecule has 0 radical (unpaired) electrons. The quantitative estimate of drug-likeness (QED) is 0.873. The Hall–Kier alpha value is -1.82. The van der Waals surface area contributed by atoms with Gasteiger partial charge in [-0.1, -0.05) is 0 Å². The van der Waals surface area contributed by atoms with Gasteiger partial charge >= 0.3 is 0 Å². The minimum Gasteiger partial charge on any atom is -0.340 e. The first-order chi connectivity index (χ1) is 10.5. The Labute approximate surface area is 134 Å². The number of carbonyl (C=O) groups excluding carboxylic acids is 1. The summed E-state index contributed by atoms with van der Waals surface area (Å²) in [5, 5.41) is 1.12. The molecule has 0 aliphatic heterocycles. The van der Waals surface area contributed by atoms with Gasteiger partial charge in [-0.25, -0.2) is 9.97 Å². The molecule has 0 unspecified atom stereocenters. The van der Waals surface area contributed by atoms with Crippen molar-refractivity contribution in [3.8, 4) is 0 Å². The van der Waals surface area contributed by atoms with Crippen molar-refractivity contribution in [2.75, 3.05) is 13.6 Å². The first-order valence-corrected chi connectivity index (χ1v) is 8.36. The maximum Gasteiger partial charge on any atom is 0.273 e. The van der Waals surface area contributed by atoms with Crippen LogP contribution in [0.25, 0.3) is 0 Å². The molecule has 0 spiro atoms. The van der Waals surface area contributed by atoms with E-state index >= 15 is 0 Å². The fourth-order valence-electron chi connectivity index (χ4n) is 2.92. The SMILES string of the molecule is Cc1cnc(C(=O)N(C)C[C@@H]2CCCc3sc(C)nc32)cn1. The summed E-state index contributed by atoms with van der Waals surface area (Å²) in [6.45, 7) is 4.60. The van der Waals surface area contributed by atoms with Crippen molar-refractivity contribution in [2.24, 2.45) is 0 Å². The van der Waals surface area contributed by atoms with Gasteiger partial charge in [0.15, 0.2) is 0 Å². The molecule has 6 heteroatoms. The highest BCUT2D eigenvalue weighted by Crippen LogP contribution is 2.35. The number of amides is 1. The topological polar surface area (TPSA) is 59.0 Å². The molecule has 0 fully saturated rings. The van der Waals surface area contributed by atoms with Crippen molar-refractivity contribution in [1.29, 1.82) is 0 Å². The number of thiazole rings is 1. The summed E-state index contributed by atoms with van der Waals surface area (Å²) in [4.78, 5) is 28.6. The lowest BCUT2D eigenvalue weighted by Gasteiger charge is -2.26. The van der Waals surface area contributed by atoms with Gasteiger partial charge in [-0.2, -0.15) is 0 Å². The monoisotopic (exact) mass is 316 g/mol. The fraction of sp³-hybridized carbons (Fsp3) is 0.500. The first-order valence-electron chi connectivity index (χ1n) is 7.55. The summed E-state index contributed by atoms with van der Waals surface area (Å²) in [5.74, 6) is 0.257. The van der Waals surface area contributed by atoms with E-state index in [9.17, 15) is 4.79 Å². The molecule has 116 valence electrons. The molecule has 1 atom stereocenters. The van der Waals surface area contributed by atoms with Gasteiger partial charge in [-0.05, 0) is 33.1 Å². The van der Waals surface area contributed by atoms with E-state index in [1.807, 2.05) is 14.0 Å². The van der Waals surface area contributed by atoms with Crippen LogP contribution in [0.3, 0.4) is 0 Å². The number of carbonyl (C=O) groups is 1. The van der Waals surface area contributed by atoms with Crippen LogP contribution in [0.15, 0.2) is 12.4 Å². The molecule has 1 amide bonds. The van der Waals surface area contributed by atoms with E-state index in [2.05, 4.69) is 21.9 Å². The molecule has 2 aromatic heterocycles. The number of hydrogen-bond donors (Lipinski definition) is 0. The van der Waals surface area contributed by atoms with Gasteiger partial charge in [0.05, 0.1) is 22.6 Å². The van der Waals surface area contributed by atoms with Crippen molar-refractivity contribution in [1.82, 2.24) is 19.9 Å². The molecule has 0 bridgehead atoms. The van der Waals surface area contributed by atoms with Crippen LogP contribution in [-0.2, 0) is 6.42 Å². The fourth-order valence-corrected chi connectivity index (χ4v) is 3.98. The Morgan fingerprint density at radius 3 is 2.91 bits per heavy atom. The summed E-state index contributed by atoms with van der Waals surface area (Å²) in [6.07, 6.45) is 6.56. The lowest BCUT2D eigenvalue weighted by atomic mass is 9.90. The molecule has 3 rings (SSSR count). The Balaban J connectivity index is 1.73. The Kier molecular flexibility index (Phi) is 4.20. The standard InChI is InChI=1S/C16H20N4OS/c1-10-7-18-13(8-17-10)16(21)20(3)9-12-5-4-6-14-15(12)19-11(2)22-14/h7-8,12H,4-6,9H2,1-3H3/t12-/m0/s1. The van der Waals surface area contributed by atoms with E-state index in [-0.39, 0.29) is 5.91 Å². The van der Waals surface area contributed by atoms with Gasteiger partial charge in [0, 0.05) is 30.6 Å². The first kappa shape index (κ1) is 15.1. The summed E-state index contributed by atoms with van der Waals surface area (Å²) < 4.78 is 0. The Morgan fingerprint density at radius 1 is 1.36 bits per heavy atom. The Morgan fingerprint density at radius 2 is 2.18 bits per heavy atom. The van der Waals surface area contributed by atoms with Gasteiger partial charge in [0.1, 0.15) is 5.69 Å². The maximum absolute atomic E-state index is 12.5. The zero-order valence-corrected chi connectivity index (χ0v) is 14.0. The number of aromatic nitrogens is 3. The molecule has 2 aromatic rings. The van der Waals surface area contributed by atoms with Crippen molar-refractivity contribution >= 4 is 17.2 Å². The second-order valence-electron chi connectivity index (χ2n) is 5.86. The average molecular weight is 316 g/mol. The summed E-state index contributed by atoms with van der Waals surface area (Å²) in [6, 6.07) is 0. The van der Waals surface area contributed by atoms with Crippen LogP contribution < -0.4 is 0 Å². The van der Waals surface area contributed by atoms with Crippen LogP contribution in [0, 0.1) is 13.8 Å². The van der Waals surface area contributed by atoms with Gasteiger partial charge in [0.2, 0.25) is 0 Å². The normalized spacial score (nSPS) is 17.1. The molecular weight excluding hydrogens is 296 g/mol.